The van der Waals surface area contributed by atoms with Crippen molar-refractivity contribution in [2.45, 2.75) is 18.9 Å². The van der Waals surface area contributed by atoms with Crippen molar-refractivity contribution in [1.82, 2.24) is 9.03 Å². The molecule has 0 aliphatic carbocycles. The molecule has 0 fully saturated rings. The Hall–Kier alpha value is -1.77. The third-order valence-electron chi connectivity index (χ3n) is 3.28. The molecular formula is C14H17FN2O4S. The van der Waals surface area contributed by atoms with Crippen LogP contribution >= 0.6 is 0 Å². The number of nitrogens with one attached hydrogen (secondary N) is 1. The minimum Gasteiger partial charge on any atom is -0.481 e. The molecule has 1 aromatic rings. The van der Waals surface area contributed by atoms with Gasteiger partial charge in [0.1, 0.15) is 5.82 Å². The van der Waals surface area contributed by atoms with E-state index in [1.807, 2.05) is 6.08 Å². The monoisotopic (exact) mass is 328 g/mol. The number of aliphatic carboxylic acids is 1. The fraction of sp³-hybridized carbons (Fsp3) is 0.357. The molecule has 2 N–H and O–H groups in total. The minimum absolute atomic E-state index is 0.234. The van der Waals surface area contributed by atoms with E-state index in [1.165, 1.54) is 22.5 Å². The number of halogens is 1. The SMILES string of the molecule is O=C(O)CC(NS(=O)(=O)N1CC=CCC1)c1cccc(F)c1. The van der Waals surface area contributed by atoms with Gasteiger partial charge in [-0.3, -0.25) is 4.79 Å². The van der Waals surface area contributed by atoms with Crippen LogP contribution in [0.4, 0.5) is 4.39 Å². The second-order valence-corrected chi connectivity index (χ2v) is 6.65. The number of rotatable bonds is 6. The van der Waals surface area contributed by atoms with Gasteiger partial charge in [0.05, 0.1) is 12.5 Å². The van der Waals surface area contributed by atoms with Gasteiger partial charge >= 0.3 is 5.97 Å². The molecule has 1 heterocycles. The average Bonchev–Trinajstić information content (AvgIpc) is 2.47. The van der Waals surface area contributed by atoms with Gasteiger partial charge in [-0.15, -0.1) is 0 Å². The summed E-state index contributed by atoms with van der Waals surface area (Å²) >= 11 is 0. The van der Waals surface area contributed by atoms with Crippen molar-refractivity contribution in [1.29, 1.82) is 0 Å². The van der Waals surface area contributed by atoms with Gasteiger partial charge in [-0.2, -0.15) is 17.4 Å². The molecule has 1 aromatic carbocycles. The van der Waals surface area contributed by atoms with Crippen molar-refractivity contribution in [2.75, 3.05) is 13.1 Å². The van der Waals surface area contributed by atoms with Crippen LogP contribution in [0.15, 0.2) is 36.4 Å². The van der Waals surface area contributed by atoms with Gasteiger partial charge in [-0.05, 0) is 24.1 Å². The van der Waals surface area contributed by atoms with Crippen LogP contribution in [0.25, 0.3) is 0 Å². The first kappa shape index (κ1) is 16.6. The summed E-state index contributed by atoms with van der Waals surface area (Å²) in [4.78, 5) is 11.0. The molecule has 2 rings (SSSR count). The number of hydrogen-bond acceptors (Lipinski definition) is 3. The van der Waals surface area contributed by atoms with E-state index in [4.69, 9.17) is 5.11 Å². The Labute approximate surface area is 128 Å². The highest BCUT2D eigenvalue weighted by atomic mass is 32.2. The van der Waals surface area contributed by atoms with Crippen molar-refractivity contribution in [3.05, 3.63) is 47.8 Å². The molecule has 22 heavy (non-hydrogen) atoms. The van der Waals surface area contributed by atoms with Crippen LogP contribution in [-0.4, -0.2) is 36.9 Å². The highest BCUT2D eigenvalue weighted by Crippen LogP contribution is 2.20. The fourth-order valence-corrected chi connectivity index (χ4v) is 3.57. The largest absolute Gasteiger partial charge is 0.481 e. The van der Waals surface area contributed by atoms with Crippen molar-refractivity contribution >= 4 is 16.2 Å². The molecular weight excluding hydrogens is 311 g/mol. The average molecular weight is 328 g/mol. The second-order valence-electron chi connectivity index (χ2n) is 4.95. The fourth-order valence-electron chi connectivity index (χ4n) is 2.22. The van der Waals surface area contributed by atoms with Crippen molar-refractivity contribution in [3.8, 4) is 0 Å². The van der Waals surface area contributed by atoms with Gasteiger partial charge < -0.3 is 5.11 Å². The predicted octanol–water partition coefficient (Wildman–Crippen LogP) is 1.44. The summed E-state index contributed by atoms with van der Waals surface area (Å²) in [5.41, 5.74) is 0.276. The lowest BCUT2D eigenvalue weighted by molar-refractivity contribution is -0.137. The zero-order valence-electron chi connectivity index (χ0n) is 11.8. The van der Waals surface area contributed by atoms with E-state index in [0.29, 0.717) is 13.0 Å². The lowest BCUT2D eigenvalue weighted by Gasteiger charge is -2.26. The number of benzene rings is 1. The number of carbonyl (C=O) groups is 1. The number of hydrogen-bond donors (Lipinski definition) is 2. The van der Waals surface area contributed by atoms with Gasteiger partial charge in [0, 0.05) is 13.1 Å². The summed E-state index contributed by atoms with van der Waals surface area (Å²) in [5.74, 6) is -1.72. The summed E-state index contributed by atoms with van der Waals surface area (Å²) in [6, 6.07) is 4.23. The smallest absolute Gasteiger partial charge is 0.305 e. The quantitative estimate of drug-likeness (QED) is 0.774. The van der Waals surface area contributed by atoms with Gasteiger partial charge in [0.25, 0.3) is 10.2 Å². The standard InChI is InChI=1S/C14H17FN2O4S/c15-12-6-4-5-11(9-12)13(10-14(18)19)16-22(20,21)17-7-2-1-3-8-17/h1-2,4-6,9,13,16H,3,7-8,10H2,(H,18,19). The Morgan fingerprint density at radius 1 is 1.41 bits per heavy atom. The maximum atomic E-state index is 13.3. The first-order valence-corrected chi connectivity index (χ1v) is 8.22. The van der Waals surface area contributed by atoms with Gasteiger partial charge in [0.15, 0.2) is 0 Å². The lowest BCUT2D eigenvalue weighted by atomic mass is 10.1. The van der Waals surface area contributed by atoms with E-state index in [-0.39, 0.29) is 12.1 Å². The van der Waals surface area contributed by atoms with Crippen LogP contribution < -0.4 is 4.72 Å². The molecule has 0 saturated heterocycles. The van der Waals surface area contributed by atoms with Crippen molar-refractivity contribution < 1.29 is 22.7 Å². The summed E-state index contributed by atoms with van der Waals surface area (Å²) in [6.45, 7) is 0.563. The normalized spacial score (nSPS) is 17.3. The van der Waals surface area contributed by atoms with Crippen LogP contribution in [0.5, 0.6) is 0 Å². The minimum atomic E-state index is -3.84. The summed E-state index contributed by atoms with van der Waals surface area (Å²) in [5, 5.41) is 8.97. The second kappa shape index (κ2) is 6.99. The topological polar surface area (TPSA) is 86.7 Å². The lowest BCUT2D eigenvalue weighted by Crippen LogP contribution is -2.44. The van der Waals surface area contributed by atoms with Gasteiger partial charge in [-0.25, -0.2) is 4.39 Å². The number of carboxylic acid groups (broad SMARTS) is 1. The summed E-state index contributed by atoms with van der Waals surface area (Å²) < 4.78 is 41.5. The Kier molecular flexibility index (Phi) is 5.28. The molecule has 0 amide bonds. The van der Waals surface area contributed by atoms with Crippen LogP contribution in [0.2, 0.25) is 0 Å². The van der Waals surface area contributed by atoms with Crippen LogP contribution in [0.1, 0.15) is 24.4 Å². The molecule has 1 aliphatic rings. The van der Waals surface area contributed by atoms with E-state index in [1.54, 1.807) is 6.08 Å². The van der Waals surface area contributed by atoms with Crippen molar-refractivity contribution in [2.24, 2.45) is 0 Å². The van der Waals surface area contributed by atoms with Gasteiger partial charge in [-0.1, -0.05) is 24.3 Å². The zero-order valence-corrected chi connectivity index (χ0v) is 12.6. The zero-order chi connectivity index (χ0) is 16.2. The molecule has 0 spiro atoms. The molecule has 0 aromatic heterocycles. The first-order chi connectivity index (χ1) is 10.4. The molecule has 120 valence electrons. The number of nitrogens with zero attached hydrogens (tertiary/aromatic N) is 1. The Bertz CT molecular complexity index is 675. The molecule has 1 aliphatic heterocycles. The van der Waals surface area contributed by atoms with E-state index in [2.05, 4.69) is 4.72 Å². The van der Waals surface area contributed by atoms with E-state index >= 15 is 0 Å². The van der Waals surface area contributed by atoms with E-state index in [0.717, 1.165) is 6.07 Å². The van der Waals surface area contributed by atoms with Crippen LogP contribution in [-0.2, 0) is 15.0 Å². The molecule has 1 atom stereocenters. The third kappa shape index (κ3) is 4.36. The maximum absolute atomic E-state index is 13.3. The highest BCUT2D eigenvalue weighted by molar-refractivity contribution is 7.87. The van der Waals surface area contributed by atoms with Crippen LogP contribution in [0, 0.1) is 5.82 Å². The third-order valence-corrected chi connectivity index (χ3v) is 4.88. The number of carboxylic acids is 1. The molecule has 0 bridgehead atoms. The molecule has 0 saturated carbocycles. The summed E-state index contributed by atoms with van der Waals surface area (Å²) in [7, 11) is -3.84. The first-order valence-electron chi connectivity index (χ1n) is 6.78. The molecule has 8 heteroatoms. The van der Waals surface area contributed by atoms with E-state index in [9.17, 15) is 17.6 Å². The maximum Gasteiger partial charge on any atom is 0.305 e. The van der Waals surface area contributed by atoms with E-state index < -0.39 is 34.5 Å². The van der Waals surface area contributed by atoms with Crippen LogP contribution in [0.3, 0.4) is 0 Å². The molecule has 6 nitrogen and oxygen atoms in total. The highest BCUT2D eigenvalue weighted by Gasteiger charge is 2.27. The Balaban J connectivity index is 2.22. The Morgan fingerprint density at radius 3 is 2.77 bits per heavy atom. The summed E-state index contributed by atoms with van der Waals surface area (Å²) in [6.07, 6.45) is 3.75. The predicted molar refractivity (Wildman–Crippen MR) is 78.8 cm³/mol. The molecule has 0 radical (unpaired) electrons. The molecule has 1 unspecified atom stereocenters. The van der Waals surface area contributed by atoms with Crippen molar-refractivity contribution in [3.63, 3.8) is 0 Å². The van der Waals surface area contributed by atoms with Gasteiger partial charge in [0.2, 0.25) is 0 Å². The Morgan fingerprint density at radius 2 is 2.18 bits per heavy atom.